The first-order chi connectivity index (χ1) is 14.2. The number of fused-ring (bicyclic) bond motifs is 1. The van der Waals surface area contributed by atoms with Crippen molar-refractivity contribution in [3.8, 4) is 0 Å². The van der Waals surface area contributed by atoms with Crippen molar-refractivity contribution in [3.05, 3.63) is 81.7 Å². The van der Waals surface area contributed by atoms with Gasteiger partial charge in [-0.2, -0.15) is 4.31 Å². The molecule has 3 aromatic rings. The van der Waals surface area contributed by atoms with E-state index in [0.717, 1.165) is 11.1 Å². The van der Waals surface area contributed by atoms with Crippen LogP contribution in [0.25, 0.3) is 0 Å². The van der Waals surface area contributed by atoms with E-state index < -0.39 is 20.0 Å². The second-order valence-corrected chi connectivity index (χ2v) is 12.3. The average Bonchev–Trinajstić information content (AvgIpc) is 3.24. The summed E-state index contributed by atoms with van der Waals surface area (Å²) in [5.41, 5.74) is 2.86. The fourth-order valence-electron chi connectivity index (χ4n) is 3.35. The Labute approximate surface area is 185 Å². The van der Waals surface area contributed by atoms with Crippen molar-refractivity contribution in [2.75, 3.05) is 11.3 Å². The molecule has 2 heterocycles. The van der Waals surface area contributed by atoms with E-state index in [0.29, 0.717) is 33.4 Å². The van der Waals surface area contributed by atoms with Gasteiger partial charge in [0.05, 0.1) is 5.75 Å². The van der Waals surface area contributed by atoms with Crippen LogP contribution in [0.2, 0.25) is 5.02 Å². The minimum absolute atomic E-state index is 0.180. The van der Waals surface area contributed by atoms with Crippen LogP contribution < -0.4 is 4.72 Å². The molecule has 2 aromatic carbocycles. The van der Waals surface area contributed by atoms with Gasteiger partial charge in [0.25, 0.3) is 10.0 Å². The van der Waals surface area contributed by atoms with Crippen molar-refractivity contribution in [1.29, 1.82) is 0 Å². The highest BCUT2D eigenvalue weighted by Gasteiger charge is 2.29. The van der Waals surface area contributed by atoms with Crippen LogP contribution in [0, 0.1) is 0 Å². The molecule has 1 N–H and O–H groups in total. The van der Waals surface area contributed by atoms with Crippen LogP contribution in [-0.2, 0) is 38.8 Å². The molecule has 0 spiro atoms. The molecule has 0 amide bonds. The number of nitrogens with zero attached hydrogens (tertiary/aromatic N) is 1. The molecule has 6 nitrogen and oxygen atoms in total. The van der Waals surface area contributed by atoms with Gasteiger partial charge in [-0.05, 0) is 58.8 Å². The zero-order valence-electron chi connectivity index (χ0n) is 15.8. The number of hydrogen-bond donors (Lipinski definition) is 1. The van der Waals surface area contributed by atoms with E-state index in [1.165, 1.54) is 15.6 Å². The van der Waals surface area contributed by atoms with Gasteiger partial charge < -0.3 is 0 Å². The lowest BCUT2D eigenvalue weighted by Crippen LogP contribution is -2.35. The van der Waals surface area contributed by atoms with Gasteiger partial charge in [0.15, 0.2) is 0 Å². The van der Waals surface area contributed by atoms with E-state index in [2.05, 4.69) is 4.72 Å². The third kappa shape index (κ3) is 4.70. The number of rotatable bonds is 6. The van der Waals surface area contributed by atoms with E-state index in [1.54, 1.807) is 53.9 Å². The molecule has 1 aromatic heterocycles. The SMILES string of the molecule is O=S(=O)(Cc1ccc(Cl)cc1)Nc1ccc2c(c1)CN(S(=O)(=O)c1cccs1)CC2. The highest BCUT2D eigenvalue weighted by atomic mass is 35.5. The zero-order chi connectivity index (χ0) is 21.4. The Morgan fingerprint density at radius 2 is 1.77 bits per heavy atom. The van der Waals surface area contributed by atoms with E-state index in [9.17, 15) is 16.8 Å². The summed E-state index contributed by atoms with van der Waals surface area (Å²) in [6.07, 6.45) is 0.581. The Balaban J connectivity index is 1.52. The van der Waals surface area contributed by atoms with E-state index in [1.807, 2.05) is 6.07 Å². The molecule has 158 valence electrons. The Morgan fingerprint density at radius 1 is 1.00 bits per heavy atom. The molecule has 1 aliphatic rings. The number of anilines is 1. The third-order valence-corrected chi connectivity index (χ3v) is 9.55. The predicted octanol–water partition coefficient (Wildman–Crippen LogP) is 4.09. The molecule has 0 bridgehead atoms. The normalized spacial score (nSPS) is 15.0. The van der Waals surface area contributed by atoms with Crippen LogP contribution in [0.5, 0.6) is 0 Å². The zero-order valence-corrected chi connectivity index (χ0v) is 19.0. The molecule has 0 unspecified atom stereocenters. The van der Waals surface area contributed by atoms with Gasteiger partial charge in [0.1, 0.15) is 4.21 Å². The monoisotopic (exact) mass is 482 g/mol. The number of sulfonamides is 2. The Kier molecular flexibility index (Phi) is 5.91. The van der Waals surface area contributed by atoms with Crippen molar-refractivity contribution >= 4 is 48.7 Å². The predicted molar refractivity (Wildman–Crippen MR) is 120 cm³/mol. The smallest absolute Gasteiger partial charge is 0.252 e. The minimum atomic E-state index is -3.63. The summed E-state index contributed by atoms with van der Waals surface area (Å²) in [7, 11) is -7.18. The summed E-state index contributed by atoms with van der Waals surface area (Å²) >= 11 is 7.03. The molecule has 30 heavy (non-hydrogen) atoms. The first kappa shape index (κ1) is 21.3. The quantitative estimate of drug-likeness (QED) is 0.573. The number of thiophene rings is 1. The fraction of sp³-hybridized carbons (Fsp3) is 0.200. The molecule has 0 atom stereocenters. The number of hydrogen-bond acceptors (Lipinski definition) is 5. The van der Waals surface area contributed by atoms with Crippen molar-refractivity contribution < 1.29 is 16.8 Å². The lowest BCUT2D eigenvalue weighted by molar-refractivity contribution is 0.392. The van der Waals surface area contributed by atoms with Gasteiger partial charge in [-0.1, -0.05) is 35.9 Å². The number of nitrogens with one attached hydrogen (secondary N) is 1. The molecule has 4 rings (SSSR count). The summed E-state index contributed by atoms with van der Waals surface area (Å²) in [5, 5.41) is 2.28. The first-order valence-corrected chi connectivity index (χ1v) is 13.5. The van der Waals surface area contributed by atoms with Gasteiger partial charge in [-0.3, -0.25) is 4.72 Å². The lowest BCUT2D eigenvalue weighted by Gasteiger charge is -2.28. The Bertz CT molecular complexity index is 1260. The maximum Gasteiger partial charge on any atom is 0.252 e. The van der Waals surface area contributed by atoms with Crippen LogP contribution in [0.1, 0.15) is 16.7 Å². The standard InChI is InChI=1S/C20H19ClN2O4S3/c21-18-6-3-15(4-7-18)14-29(24,25)22-19-8-5-16-9-10-23(13-17(16)12-19)30(26,27)20-2-1-11-28-20/h1-8,11-12,22H,9-10,13-14H2. The molecule has 1 aliphatic heterocycles. The molecule has 0 aliphatic carbocycles. The van der Waals surface area contributed by atoms with Crippen LogP contribution in [0.4, 0.5) is 5.69 Å². The fourth-order valence-corrected chi connectivity index (χ4v) is 7.23. The Morgan fingerprint density at radius 3 is 2.47 bits per heavy atom. The van der Waals surface area contributed by atoms with Crippen LogP contribution in [-0.4, -0.2) is 27.7 Å². The molecule has 0 radical (unpaired) electrons. The van der Waals surface area contributed by atoms with Gasteiger partial charge in [-0.25, -0.2) is 16.8 Å². The largest absolute Gasteiger partial charge is 0.283 e. The highest BCUT2D eigenvalue weighted by Crippen LogP contribution is 2.29. The number of benzene rings is 2. The second-order valence-electron chi connectivity index (χ2n) is 6.99. The van der Waals surface area contributed by atoms with Gasteiger partial charge >= 0.3 is 0 Å². The van der Waals surface area contributed by atoms with Crippen molar-refractivity contribution in [3.63, 3.8) is 0 Å². The molecular weight excluding hydrogens is 464 g/mol. The summed E-state index contributed by atoms with van der Waals surface area (Å²) in [5.74, 6) is -0.180. The highest BCUT2D eigenvalue weighted by molar-refractivity contribution is 7.92. The summed E-state index contributed by atoms with van der Waals surface area (Å²) in [6, 6.07) is 15.2. The van der Waals surface area contributed by atoms with Crippen molar-refractivity contribution in [1.82, 2.24) is 4.31 Å². The minimum Gasteiger partial charge on any atom is -0.283 e. The molecule has 0 saturated heterocycles. The van der Waals surface area contributed by atoms with Crippen molar-refractivity contribution in [2.45, 2.75) is 22.9 Å². The first-order valence-electron chi connectivity index (χ1n) is 9.13. The summed E-state index contributed by atoms with van der Waals surface area (Å²) in [6.45, 7) is 0.608. The second kappa shape index (κ2) is 8.32. The summed E-state index contributed by atoms with van der Waals surface area (Å²) in [4.78, 5) is 0. The van der Waals surface area contributed by atoms with Gasteiger partial charge in [-0.15, -0.1) is 11.3 Å². The average molecular weight is 483 g/mol. The van der Waals surface area contributed by atoms with E-state index in [4.69, 9.17) is 11.6 Å². The van der Waals surface area contributed by atoms with Gasteiger partial charge in [0, 0.05) is 23.8 Å². The molecule has 0 fully saturated rings. The molecule has 10 heteroatoms. The van der Waals surface area contributed by atoms with Crippen LogP contribution >= 0.6 is 22.9 Å². The maximum atomic E-state index is 12.8. The Hall–Kier alpha value is -1.91. The van der Waals surface area contributed by atoms with E-state index >= 15 is 0 Å². The maximum absolute atomic E-state index is 12.8. The summed E-state index contributed by atoms with van der Waals surface area (Å²) < 4.78 is 55.1. The van der Waals surface area contributed by atoms with Crippen LogP contribution in [0.15, 0.2) is 64.2 Å². The topological polar surface area (TPSA) is 83.6 Å². The van der Waals surface area contributed by atoms with E-state index in [-0.39, 0.29) is 12.3 Å². The van der Waals surface area contributed by atoms with Crippen molar-refractivity contribution in [2.24, 2.45) is 0 Å². The van der Waals surface area contributed by atoms with Crippen LogP contribution in [0.3, 0.4) is 0 Å². The third-order valence-electron chi connectivity index (χ3n) is 4.82. The molecular formula is C20H19ClN2O4S3. The number of halogens is 1. The molecule has 0 saturated carbocycles. The van der Waals surface area contributed by atoms with Gasteiger partial charge in [0.2, 0.25) is 10.0 Å². The lowest BCUT2D eigenvalue weighted by atomic mass is 10.0.